The maximum atomic E-state index is 12.8. The number of rotatable bonds is 2. The summed E-state index contributed by atoms with van der Waals surface area (Å²) in [5, 5.41) is 12.9. The topological polar surface area (TPSA) is 91.8 Å². The summed E-state index contributed by atoms with van der Waals surface area (Å²) in [5.41, 5.74) is -1.87. The standard InChI is InChI=1S/C17H23N3O4/c1-15(2,3)24-14(23)20-10-16(4,13(21)22)12-17(20,9-19-12)11-7-5-6-8-18-11/h5-8,12,19H,9-10H2,1-4H3,(H,21,22). The third-order valence-corrected chi connectivity index (χ3v) is 4.87. The Morgan fingerprint density at radius 1 is 1.42 bits per heavy atom. The van der Waals surface area contributed by atoms with Gasteiger partial charge in [0.05, 0.1) is 11.7 Å². The summed E-state index contributed by atoms with van der Waals surface area (Å²) in [6, 6.07) is 5.06. The molecule has 7 heteroatoms. The molecule has 24 heavy (non-hydrogen) atoms. The number of hydrogen-bond donors (Lipinski definition) is 2. The van der Waals surface area contributed by atoms with Crippen molar-refractivity contribution < 1.29 is 19.4 Å². The molecule has 0 spiro atoms. The Morgan fingerprint density at radius 3 is 2.58 bits per heavy atom. The third kappa shape index (κ3) is 2.26. The number of amides is 1. The van der Waals surface area contributed by atoms with Gasteiger partial charge in [-0.3, -0.25) is 14.7 Å². The number of fused-ring (bicyclic) bond motifs is 1. The van der Waals surface area contributed by atoms with Gasteiger partial charge in [0, 0.05) is 19.3 Å². The van der Waals surface area contributed by atoms with Crippen LogP contribution in [-0.2, 0) is 15.1 Å². The van der Waals surface area contributed by atoms with Crippen LogP contribution in [0, 0.1) is 5.41 Å². The molecule has 130 valence electrons. The number of nitrogens with zero attached hydrogens (tertiary/aromatic N) is 2. The number of aromatic nitrogens is 1. The summed E-state index contributed by atoms with van der Waals surface area (Å²) >= 11 is 0. The van der Waals surface area contributed by atoms with Gasteiger partial charge in [-0.2, -0.15) is 0 Å². The zero-order chi connectivity index (χ0) is 17.8. The van der Waals surface area contributed by atoms with Gasteiger partial charge in [-0.05, 0) is 39.8 Å². The van der Waals surface area contributed by atoms with Gasteiger partial charge < -0.3 is 15.2 Å². The largest absolute Gasteiger partial charge is 0.481 e. The van der Waals surface area contributed by atoms with Crippen LogP contribution in [0.4, 0.5) is 4.79 Å². The van der Waals surface area contributed by atoms with E-state index in [9.17, 15) is 14.7 Å². The zero-order valence-electron chi connectivity index (χ0n) is 14.4. The van der Waals surface area contributed by atoms with Crippen molar-refractivity contribution in [3.8, 4) is 0 Å². The number of aliphatic carboxylic acids is 1. The monoisotopic (exact) mass is 333 g/mol. The van der Waals surface area contributed by atoms with Crippen LogP contribution in [0.1, 0.15) is 33.4 Å². The summed E-state index contributed by atoms with van der Waals surface area (Å²) in [6.07, 6.45) is 1.15. The van der Waals surface area contributed by atoms with Crippen molar-refractivity contribution in [1.29, 1.82) is 0 Å². The van der Waals surface area contributed by atoms with Gasteiger partial charge in [0.25, 0.3) is 0 Å². The van der Waals surface area contributed by atoms with E-state index >= 15 is 0 Å². The minimum Gasteiger partial charge on any atom is -0.481 e. The highest BCUT2D eigenvalue weighted by atomic mass is 16.6. The van der Waals surface area contributed by atoms with Crippen molar-refractivity contribution in [1.82, 2.24) is 15.2 Å². The first-order valence-corrected chi connectivity index (χ1v) is 8.00. The molecule has 2 aliphatic heterocycles. The molecule has 0 radical (unpaired) electrons. The van der Waals surface area contributed by atoms with E-state index in [4.69, 9.17) is 4.74 Å². The van der Waals surface area contributed by atoms with Crippen molar-refractivity contribution >= 4 is 12.1 Å². The molecule has 1 amide bonds. The number of nitrogens with one attached hydrogen (secondary N) is 1. The van der Waals surface area contributed by atoms with E-state index in [-0.39, 0.29) is 6.54 Å². The number of carboxylic acid groups (broad SMARTS) is 1. The molecule has 0 saturated carbocycles. The van der Waals surface area contributed by atoms with Crippen LogP contribution in [0.15, 0.2) is 24.4 Å². The number of ether oxygens (including phenoxy) is 1. The lowest BCUT2D eigenvalue weighted by atomic mass is 9.69. The van der Waals surface area contributed by atoms with Crippen molar-refractivity contribution in [3.63, 3.8) is 0 Å². The summed E-state index contributed by atoms with van der Waals surface area (Å²) in [5.74, 6) is -0.939. The highest BCUT2D eigenvalue weighted by molar-refractivity contribution is 5.81. The van der Waals surface area contributed by atoms with Crippen molar-refractivity contribution in [3.05, 3.63) is 30.1 Å². The quantitative estimate of drug-likeness (QED) is 0.854. The maximum absolute atomic E-state index is 12.8. The molecular weight excluding hydrogens is 310 g/mol. The number of pyridine rings is 1. The Bertz CT molecular complexity index is 672. The average Bonchev–Trinajstić information content (AvgIpc) is 2.63. The average molecular weight is 333 g/mol. The lowest BCUT2D eigenvalue weighted by molar-refractivity contribution is -0.149. The SMILES string of the molecule is CC(C)(C)OC(=O)N1CC(C)(C(=O)O)C2NCC21c1ccccn1. The Labute approximate surface area is 141 Å². The van der Waals surface area contributed by atoms with Crippen molar-refractivity contribution in [2.45, 2.75) is 44.9 Å². The molecule has 1 aromatic rings. The molecule has 1 aromatic heterocycles. The number of carbonyl (C=O) groups is 2. The van der Waals surface area contributed by atoms with Crippen molar-refractivity contribution in [2.24, 2.45) is 5.41 Å². The van der Waals surface area contributed by atoms with Gasteiger partial charge >= 0.3 is 12.1 Å². The fraction of sp³-hybridized carbons (Fsp3) is 0.588. The first-order chi connectivity index (χ1) is 11.1. The molecule has 0 bridgehead atoms. The highest BCUT2D eigenvalue weighted by Gasteiger charge is 2.70. The zero-order valence-corrected chi connectivity index (χ0v) is 14.4. The maximum Gasteiger partial charge on any atom is 0.411 e. The number of carbonyl (C=O) groups excluding carboxylic acids is 1. The number of hydrogen-bond acceptors (Lipinski definition) is 5. The van der Waals surface area contributed by atoms with Crippen LogP contribution < -0.4 is 5.32 Å². The van der Waals surface area contributed by atoms with Crippen LogP contribution in [0.25, 0.3) is 0 Å². The van der Waals surface area contributed by atoms with Gasteiger partial charge in [-0.25, -0.2) is 4.79 Å². The molecule has 2 fully saturated rings. The first kappa shape index (κ1) is 16.7. The van der Waals surface area contributed by atoms with Gasteiger partial charge in [0.15, 0.2) is 0 Å². The molecule has 3 heterocycles. The van der Waals surface area contributed by atoms with E-state index in [1.165, 1.54) is 4.90 Å². The second-order valence-electron chi connectivity index (χ2n) is 7.74. The fourth-order valence-electron chi connectivity index (χ4n) is 3.69. The van der Waals surface area contributed by atoms with E-state index in [0.29, 0.717) is 12.2 Å². The molecule has 3 atom stereocenters. The van der Waals surface area contributed by atoms with E-state index in [1.54, 1.807) is 40.0 Å². The second-order valence-corrected chi connectivity index (χ2v) is 7.74. The van der Waals surface area contributed by atoms with Crippen LogP contribution in [0.5, 0.6) is 0 Å². The van der Waals surface area contributed by atoms with Crippen LogP contribution in [0.3, 0.4) is 0 Å². The van der Waals surface area contributed by atoms with Gasteiger partial charge in [0.2, 0.25) is 0 Å². The van der Waals surface area contributed by atoms with E-state index in [0.717, 1.165) is 0 Å². The molecular formula is C17H23N3O4. The van der Waals surface area contributed by atoms with E-state index in [1.807, 2.05) is 12.1 Å². The Hall–Kier alpha value is -2.15. The molecule has 0 aromatic carbocycles. The van der Waals surface area contributed by atoms with Gasteiger partial charge in [-0.15, -0.1) is 0 Å². The first-order valence-electron chi connectivity index (χ1n) is 8.00. The lowest BCUT2D eigenvalue weighted by Gasteiger charge is -2.51. The lowest BCUT2D eigenvalue weighted by Crippen LogP contribution is -2.72. The predicted molar refractivity (Wildman–Crippen MR) is 86.4 cm³/mol. The summed E-state index contributed by atoms with van der Waals surface area (Å²) < 4.78 is 5.53. The Balaban J connectivity index is 2.06. The minimum atomic E-state index is -1.10. The van der Waals surface area contributed by atoms with E-state index in [2.05, 4.69) is 10.3 Å². The van der Waals surface area contributed by atoms with Crippen LogP contribution in [-0.4, -0.2) is 51.8 Å². The second kappa shape index (κ2) is 5.17. The number of likely N-dealkylation sites (tertiary alicyclic amines) is 1. The van der Waals surface area contributed by atoms with Crippen LogP contribution in [0.2, 0.25) is 0 Å². The predicted octanol–water partition coefficient (Wildman–Crippen LogP) is 1.59. The highest BCUT2D eigenvalue weighted by Crippen LogP contribution is 2.52. The Kier molecular flexibility index (Phi) is 3.60. The van der Waals surface area contributed by atoms with Gasteiger partial charge in [-0.1, -0.05) is 6.07 Å². The van der Waals surface area contributed by atoms with Crippen LogP contribution >= 0.6 is 0 Å². The third-order valence-electron chi connectivity index (χ3n) is 4.87. The molecule has 7 nitrogen and oxygen atoms in total. The van der Waals surface area contributed by atoms with Crippen molar-refractivity contribution in [2.75, 3.05) is 13.1 Å². The fourth-order valence-corrected chi connectivity index (χ4v) is 3.69. The van der Waals surface area contributed by atoms with Gasteiger partial charge in [0.1, 0.15) is 16.6 Å². The molecule has 2 aliphatic rings. The molecule has 3 rings (SSSR count). The summed E-state index contributed by atoms with van der Waals surface area (Å²) in [4.78, 5) is 30.6. The van der Waals surface area contributed by atoms with E-state index < -0.39 is 34.7 Å². The Morgan fingerprint density at radius 2 is 2.12 bits per heavy atom. The molecule has 2 N–H and O–H groups in total. The summed E-state index contributed by atoms with van der Waals surface area (Å²) in [6.45, 7) is 7.57. The molecule has 2 saturated heterocycles. The summed E-state index contributed by atoms with van der Waals surface area (Å²) in [7, 11) is 0. The normalized spacial score (nSPS) is 32.0. The number of carboxylic acids is 1. The smallest absolute Gasteiger partial charge is 0.411 e. The minimum absolute atomic E-state index is 0.0749. The molecule has 3 unspecified atom stereocenters. The molecule has 0 aliphatic carbocycles.